The summed E-state index contributed by atoms with van der Waals surface area (Å²) in [5.74, 6) is 0.395. The molecule has 0 saturated carbocycles. The third kappa shape index (κ3) is 3.54. The number of aromatic hydroxyl groups is 2. The lowest BCUT2D eigenvalue weighted by molar-refractivity contribution is 0.465. The van der Waals surface area contributed by atoms with E-state index in [1.165, 1.54) is 0 Å². The van der Waals surface area contributed by atoms with Gasteiger partial charge in [-0.05, 0) is 77.6 Å². The van der Waals surface area contributed by atoms with E-state index < -0.39 is 0 Å². The van der Waals surface area contributed by atoms with Crippen molar-refractivity contribution < 1.29 is 10.2 Å². The van der Waals surface area contributed by atoms with Crippen LogP contribution in [0.5, 0.6) is 11.5 Å². The van der Waals surface area contributed by atoms with E-state index in [0.29, 0.717) is 19.8 Å². The van der Waals surface area contributed by atoms with Gasteiger partial charge in [0.2, 0.25) is 0 Å². The Bertz CT molecular complexity index is 618. The third-order valence-electron chi connectivity index (χ3n) is 2.58. The van der Waals surface area contributed by atoms with E-state index in [9.17, 15) is 10.2 Å². The molecule has 0 bridgehead atoms. The second-order valence-electron chi connectivity index (χ2n) is 3.98. The SMILES string of the molecule is Oc1c(Br)cc(Cc2cc(Br)cc(Br)c2O)cc1Br. The summed E-state index contributed by atoms with van der Waals surface area (Å²) < 4.78 is 2.77. The van der Waals surface area contributed by atoms with Gasteiger partial charge in [-0.3, -0.25) is 0 Å². The second kappa shape index (κ2) is 6.16. The van der Waals surface area contributed by atoms with E-state index in [0.717, 1.165) is 15.6 Å². The summed E-state index contributed by atoms with van der Waals surface area (Å²) in [4.78, 5) is 0. The molecule has 2 rings (SSSR count). The Morgan fingerprint density at radius 3 is 1.84 bits per heavy atom. The van der Waals surface area contributed by atoms with Crippen molar-refractivity contribution in [3.05, 3.63) is 53.3 Å². The van der Waals surface area contributed by atoms with Crippen LogP contribution in [0.15, 0.2) is 42.2 Å². The summed E-state index contributed by atoms with van der Waals surface area (Å²) in [6.45, 7) is 0. The van der Waals surface area contributed by atoms with Gasteiger partial charge in [0.05, 0.1) is 13.4 Å². The summed E-state index contributed by atoms with van der Waals surface area (Å²) in [6, 6.07) is 7.32. The van der Waals surface area contributed by atoms with Crippen molar-refractivity contribution in [2.45, 2.75) is 6.42 Å². The van der Waals surface area contributed by atoms with Gasteiger partial charge in [-0.15, -0.1) is 0 Å². The zero-order chi connectivity index (χ0) is 14.2. The minimum Gasteiger partial charge on any atom is -0.506 e. The van der Waals surface area contributed by atoms with Crippen LogP contribution in [0.3, 0.4) is 0 Å². The zero-order valence-electron chi connectivity index (χ0n) is 9.42. The Hall–Kier alpha value is -0.0400. The number of hydrogen-bond donors (Lipinski definition) is 2. The van der Waals surface area contributed by atoms with Gasteiger partial charge in [-0.25, -0.2) is 0 Å². The fourth-order valence-electron chi connectivity index (χ4n) is 1.69. The maximum Gasteiger partial charge on any atom is 0.143 e. The second-order valence-corrected chi connectivity index (χ2v) is 7.46. The molecule has 2 nitrogen and oxygen atoms in total. The Morgan fingerprint density at radius 2 is 1.26 bits per heavy atom. The molecule has 0 spiro atoms. The van der Waals surface area contributed by atoms with Crippen LogP contribution in [0, 0.1) is 0 Å². The number of rotatable bonds is 2. The molecule has 2 aromatic carbocycles. The van der Waals surface area contributed by atoms with Crippen LogP contribution in [0.4, 0.5) is 0 Å². The minimum absolute atomic E-state index is 0.170. The van der Waals surface area contributed by atoms with Crippen LogP contribution in [0.25, 0.3) is 0 Å². The van der Waals surface area contributed by atoms with Gasteiger partial charge in [-0.1, -0.05) is 15.9 Å². The quantitative estimate of drug-likeness (QED) is 0.536. The first-order valence-corrected chi connectivity index (χ1v) is 8.39. The van der Waals surface area contributed by atoms with Crippen molar-refractivity contribution in [3.8, 4) is 11.5 Å². The van der Waals surface area contributed by atoms with E-state index >= 15 is 0 Å². The van der Waals surface area contributed by atoms with E-state index in [-0.39, 0.29) is 11.5 Å². The van der Waals surface area contributed by atoms with E-state index in [4.69, 9.17) is 0 Å². The summed E-state index contributed by atoms with van der Waals surface area (Å²) in [6.07, 6.45) is 0.557. The number of hydrogen-bond acceptors (Lipinski definition) is 2. The number of halogens is 4. The van der Waals surface area contributed by atoms with Gasteiger partial charge >= 0.3 is 0 Å². The summed E-state index contributed by atoms with van der Waals surface area (Å²) in [7, 11) is 0. The van der Waals surface area contributed by atoms with Gasteiger partial charge in [0.25, 0.3) is 0 Å². The van der Waals surface area contributed by atoms with Gasteiger partial charge in [0.15, 0.2) is 0 Å². The molecule has 0 radical (unpaired) electrons. The topological polar surface area (TPSA) is 40.5 Å². The predicted octanol–water partition coefficient (Wildman–Crippen LogP) is 5.74. The molecule has 0 aliphatic carbocycles. The number of benzene rings is 2. The van der Waals surface area contributed by atoms with Gasteiger partial charge in [0, 0.05) is 16.5 Å². The summed E-state index contributed by atoms with van der Waals surface area (Å²) in [5, 5.41) is 19.7. The highest BCUT2D eigenvalue weighted by Crippen LogP contribution is 2.36. The molecule has 0 aromatic heterocycles. The van der Waals surface area contributed by atoms with E-state index in [1.54, 1.807) is 6.07 Å². The maximum atomic E-state index is 10.0. The van der Waals surface area contributed by atoms with Crippen LogP contribution in [0.2, 0.25) is 0 Å². The highest BCUT2D eigenvalue weighted by Gasteiger charge is 2.11. The lowest BCUT2D eigenvalue weighted by Gasteiger charge is -2.09. The smallest absolute Gasteiger partial charge is 0.143 e. The minimum atomic E-state index is 0.170. The molecule has 0 heterocycles. The van der Waals surface area contributed by atoms with Crippen molar-refractivity contribution in [3.63, 3.8) is 0 Å². The normalized spacial score (nSPS) is 10.7. The van der Waals surface area contributed by atoms with Crippen LogP contribution in [-0.2, 0) is 6.42 Å². The molecule has 0 amide bonds. The van der Waals surface area contributed by atoms with Crippen LogP contribution in [-0.4, -0.2) is 10.2 Å². The third-order valence-corrected chi connectivity index (χ3v) is 4.85. The molecular formula is C13H8Br4O2. The zero-order valence-corrected chi connectivity index (χ0v) is 15.8. The molecular weight excluding hydrogens is 508 g/mol. The van der Waals surface area contributed by atoms with Gasteiger partial charge < -0.3 is 10.2 Å². The Morgan fingerprint density at radius 1 is 0.737 bits per heavy atom. The monoisotopic (exact) mass is 512 g/mol. The molecule has 6 heteroatoms. The Kier molecular flexibility index (Phi) is 4.98. The van der Waals surface area contributed by atoms with Gasteiger partial charge in [0.1, 0.15) is 11.5 Å². The summed E-state index contributed by atoms with van der Waals surface area (Å²) in [5.41, 5.74) is 1.77. The first-order valence-electron chi connectivity index (χ1n) is 5.22. The molecule has 0 aliphatic rings. The van der Waals surface area contributed by atoms with Crippen molar-refractivity contribution >= 4 is 63.7 Å². The van der Waals surface area contributed by atoms with Crippen LogP contribution >= 0.6 is 63.7 Å². The largest absolute Gasteiger partial charge is 0.506 e. The van der Waals surface area contributed by atoms with Crippen molar-refractivity contribution in [2.75, 3.05) is 0 Å². The molecule has 0 aliphatic heterocycles. The Labute approximate surface area is 144 Å². The summed E-state index contributed by atoms with van der Waals surface area (Å²) >= 11 is 13.3. The lowest BCUT2D eigenvalue weighted by atomic mass is 10.0. The standard InChI is InChI=1S/C13H8Br4O2/c14-8-4-7(12(18)11(17)5-8)1-6-2-9(15)13(19)10(16)3-6/h2-5,18-19H,1H2. The molecule has 19 heavy (non-hydrogen) atoms. The van der Waals surface area contributed by atoms with Crippen molar-refractivity contribution in [1.82, 2.24) is 0 Å². The number of phenolic OH excluding ortho intramolecular Hbond substituents is 2. The van der Waals surface area contributed by atoms with Gasteiger partial charge in [-0.2, -0.15) is 0 Å². The first-order chi connectivity index (χ1) is 8.88. The van der Waals surface area contributed by atoms with Crippen LogP contribution < -0.4 is 0 Å². The molecule has 0 fully saturated rings. The number of phenols is 2. The van der Waals surface area contributed by atoms with Crippen LogP contribution in [0.1, 0.15) is 11.1 Å². The average molecular weight is 516 g/mol. The average Bonchev–Trinajstić information content (AvgIpc) is 2.32. The first kappa shape index (κ1) is 15.4. The molecule has 0 atom stereocenters. The highest BCUT2D eigenvalue weighted by molar-refractivity contribution is 9.11. The van der Waals surface area contributed by atoms with E-state index in [2.05, 4.69) is 63.7 Å². The predicted molar refractivity (Wildman–Crippen MR) is 89.8 cm³/mol. The van der Waals surface area contributed by atoms with E-state index in [1.807, 2.05) is 18.2 Å². The van der Waals surface area contributed by atoms with Crippen molar-refractivity contribution in [2.24, 2.45) is 0 Å². The fraction of sp³-hybridized carbons (Fsp3) is 0.0769. The molecule has 0 unspecified atom stereocenters. The molecule has 0 saturated heterocycles. The van der Waals surface area contributed by atoms with Crippen molar-refractivity contribution in [1.29, 1.82) is 0 Å². The lowest BCUT2D eigenvalue weighted by Crippen LogP contribution is -1.91. The Balaban J connectivity index is 2.42. The molecule has 2 aromatic rings. The maximum absolute atomic E-state index is 10.0. The highest BCUT2D eigenvalue weighted by atomic mass is 79.9. The fourth-order valence-corrected chi connectivity index (χ4v) is 4.29. The molecule has 100 valence electrons. The molecule has 2 N–H and O–H groups in total.